The van der Waals surface area contributed by atoms with Crippen LogP contribution in [-0.2, 0) is 11.3 Å². The second kappa shape index (κ2) is 7.49. The average Bonchev–Trinajstić information content (AvgIpc) is 3.57. The Morgan fingerprint density at radius 1 is 1.22 bits per heavy atom. The van der Waals surface area contributed by atoms with Crippen molar-refractivity contribution in [1.29, 1.82) is 0 Å². The highest BCUT2D eigenvalue weighted by Crippen LogP contribution is 2.29. The summed E-state index contributed by atoms with van der Waals surface area (Å²) in [5, 5.41) is 8.65. The zero-order chi connectivity index (χ0) is 21.8. The third-order valence-electron chi connectivity index (χ3n) is 6.68. The van der Waals surface area contributed by atoms with E-state index in [1.165, 1.54) is 12.1 Å². The minimum atomic E-state index is -0.390. The van der Waals surface area contributed by atoms with E-state index in [2.05, 4.69) is 27.2 Å². The number of imidazole rings is 1. The minimum Gasteiger partial charge on any atom is -0.376 e. The molecule has 166 valence electrons. The number of ether oxygens (including phenoxy) is 1. The van der Waals surface area contributed by atoms with Crippen LogP contribution in [0.15, 0.2) is 35.5 Å². The highest BCUT2D eigenvalue weighted by molar-refractivity contribution is 5.81. The molecule has 0 radical (unpaired) electrons. The van der Waals surface area contributed by atoms with Crippen LogP contribution in [0.1, 0.15) is 37.4 Å². The van der Waals surface area contributed by atoms with Crippen LogP contribution in [0.3, 0.4) is 0 Å². The van der Waals surface area contributed by atoms with Gasteiger partial charge in [0.25, 0.3) is 5.56 Å². The molecule has 2 atom stereocenters. The normalized spacial score (nSPS) is 21.9. The molecule has 5 heterocycles. The van der Waals surface area contributed by atoms with Gasteiger partial charge in [-0.25, -0.2) is 9.37 Å². The first kappa shape index (κ1) is 19.6. The lowest BCUT2D eigenvalue weighted by atomic mass is 10.2. The lowest BCUT2D eigenvalue weighted by molar-refractivity contribution is 0.0973. The van der Waals surface area contributed by atoms with Crippen LogP contribution in [0.25, 0.3) is 22.4 Å². The summed E-state index contributed by atoms with van der Waals surface area (Å²) in [6.07, 6.45) is 7.37. The fraction of sp³-hybridized carbons (Fsp3) is 0.455. The number of fused-ring (bicyclic) bond motifs is 3. The lowest BCUT2D eigenvalue weighted by Crippen LogP contribution is -2.28. The van der Waals surface area contributed by atoms with Gasteiger partial charge >= 0.3 is 0 Å². The number of benzene rings is 1. The van der Waals surface area contributed by atoms with Crippen molar-refractivity contribution in [3.63, 3.8) is 0 Å². The van der Waals surface area contributed by atoms with Crippen molar-refractivity contribution < 1.29 is 9.13 Å². The number of nitrogens with zero attached hydrogens (tertiary/aromatic N) is 7. The predicted octanol–water partition coefficient (Wildman–Crippen LogP) is 2.31. The molecule has 0 saturated carbocycles. The molecule has 9 nitrogen and oxygen atoms in total. The Morgan fingerprint density at radius 2 is 2.12 bits per heavy atom. The quantitative estimate of drug-likeness (QED) is 0.487. The SMILES string of the molecule is CN1CCCC1c1cn(-c2ncn3c2c(=O)n(CC2CCCO2)c2cc(F)ccc23)nn1. The maximum Gasteiger partial charge on any atom is 0.279 e. The van der Waals surface area contributed by atoms with Crippen LogP contribution in [0.5, 0.6) is 0 Å². The first-order valence-corrected chi connectivity index (χ1v) is 11.0. The summed E-state index contributed by atoms with van der Waals surface area (Å²) in [4.78, 5) is 20.4. The van der Waals surface area contributed by atoms with Crippen LogP contribution in [0.2, 0.25) is 0 Å². The fourth-order valence-corrected chi connectivity index (χ4v) is 5.03. The molecule has 0 spiro atoms. The molecule has 10 heteroatoms. The third kappa shape index (κ3) is 3.05. The van der Waals surface area contributed by atoms with Crippen LogP contribution in [0, 0.1) is 5.82 Å². The van der Waals surface area contributed by atoms with Crippen molar-refractivity contribution in [2.24, 2.45) is 0 Å². The summed E-state index contributed by atoms with van der Waals surface area (Å²) in [5.74, 6) is 0.0287. The molecule has 32 heavy (non-hydrogen) atoms. The Labute approximate surface area is 183 Å². The van der Waals surface area contributed by atoms with E-state index in [1.807, 2.05) is 6.20 Å². The monoisotopic (exact) mass is 437 g/mol. The van der Waals surface area contributed by atoms with E-state index in [-0.39, 0.29) is 23.5 Å². The van der Waals surface area contributed by atoms with E-state index in [4.69, 9.17) is 4.74 Å². The largest absolute Gasteiger partial charge is 0.376 e. The van der Waals surface area contributed by atoms with Gasteiger partial charge in [0.1, 0.15) is 17.8 Å². The fourth-order valence-electron chi connectivity index (χ4n) is 5.03. The highest BCUT2D eigenvalue weighted by Gasteiger charge is 2.27. The molecule has 3 aromatic heterocycles. The van der Waals surface area contributed by atoms with Crippen molar-refractivity contribution >= 4 is 16.6 Å². The van der Waals surface area contributed by atoms with Gasteiger partial charge in [-0.3, -0.25) is 14.1 Å². The second-order valence-electron chi connectivity index (χ2n) is 8.70. The number of hydrogen-bond donors (Lipinski definition) is 0. The van der Waals surface area contributed by atoms with Gasteiger partial charge in [0.2, 0.25) is 0 Å². The molecule has 2 aliphatic heterocycles. The summed E-state index contributed by atoms with van der Waals surface area (Å²) < 4.78 is 24.8. The van der Waals surface area contributed by atoms with Crippen LogP contribution >= 0.6 is 0 Å². The standard InChI is InChI=1S/C22H24FN7O2/c1-27-8-2-5-17(27)16-12-30(26-25-16)21-20-22(31)28(11-15-4-3-9-32-15)19-10-14(23)6-7-18(19)29(20)13-24-21/h6-7,10,12-13,15,17H,2-5,8-9,11H2,1H3. The molecule has 4 aromatic rings. The zero-order valence-corrected chi connectivity index (χ0v) is 17.8. The molecule has 2 fully saturated rings. The van der Waals surface area contributed by atoms with Gasteiger partial charge in [0.15, 0.2) is 11.3 Å². The summed E-state index contributed by atoms with van der Waals surface area (Å²) >= 11 is 0. The van der Waals surface area contributed by atoms with Gasteiger partial charge in [-0.1, -0.05) is 5.21 Å². The van der Waals surface area contributed by atoms with Crippen molar-refractivity contribution in [3.8, 4) is 5.82 Å². The Bertz CT molecular complexity index is 1370. The number of aromatic nitrogens is 6. The molecule has 2 saturated heterocycles. The molecule has 1 aromatic carbocycles. The maximum absolute atomic E-state index is 14.1. The topological polar surface area (TPSA) is 82.5 Å². The maximum atomic E-state index is 14.1. The van der Waals surface area contributed by atoms with E-state index < -0.39 is 0 Å². The van der Waals surface area contributed by atoms with Crippen LogP contribution < -0.4 is 5.56 Å². The van der Waals surface area contributed by atoms with Gasteiger partial charge in [0.05, 0.1) is 35.9 Å². The molecule has 2 aliphatic rings. The first-order valence-electron chi connectivity index (χ1n) is 11.0. The first-order chi connectivity index (χ1) is 15.6. The molecule has 0 bridgehead atoms. The van der Waals surface area contributed by atoms with E-state index in [9.17, 15) is 9.18 Å². The number of halogens is 1. The highest BCUT2D eigenvalue weighted by atomic mass is 19.1. The van der Waals surface area contributed by atoms with E-state index in [0.717, 1.165) is 37.9 Å². The van der Waals surface area contributed by atoms with Gasteiger partial charge in [-0.15, -0.1) is 5.10 Å². The minimum absolute atomic E-state index is 0.0659. The second-order valence-corrected chi connectivity index (χ2v) is 8.70. The summed E-state index contributed by atoms with van der Waals surface area (Å²) in [6.45, 7) is 2.08. The molecule has 6 rings (SSSR count). The zero-order valence-electron chi connectivity index (χ0n) is 17.8. The van der Waals surface area contributed by atoms with Crippen molar-refractivity contribution in [1.82, 2.24) is 33.8 Å². The van der Waals surface area contributed by atoms with E-state index in [1.54, 1.807) is 26.0 Å². The van der Waals surface area contributed by atoms with Crippen LogP contribution in [0.4, 0.5) is 4.39 Å². The third-order valence-corrected chi connectivity index (χ3v) is 6.68. The molecular formula is C22H24FN7O2. The lowest BCUT2D eigenvalue weighted by Gasteiger charge is -2.16. The molecule has 2 unspecified atom stereocenters. The van der Waals surface area contributed by atoms with Gasteiger partial charge in [-0.05, 0) is 57.5 Å². The molecule has 0 amide bonds. The summed E-state index contributed by atoms with van der Waals surface area (Å²) in [5.41, 5.74) is 2.23. The predicted molar refractivity (Wildman–Crippen MR) is 115 cm³/mol. The van der Waals surface area contributed by atoms with Crippen LogP contribution in [-0.4, -0.2) is 60.1 Å². The smallest absolute Gasteiger partial charge is 0.279 e. The Morgan fingerprint density at radius 3 is 2.91 bits per heavy atom. The van der Waals surface area contributed by atoms with Crippen molar-refractivity contribution in [2.75, 3.05) is 20.2 Å². The number of rotatable bonds is 4. The van der Waals surface area contributed by atoms with Gasteiger partial charge in [0, 0.05) is 6.61 Å². The summed E-state index contributed by atoms with van der Waals surface area (Å²) in [6, 6.07) is 4.69. The number of likely N-dealkylation sites (tertiary alicyclic amines) is 1. The van der Waals surface area contributed by atoms with E-state index in [0.29, 0.717) is 35.5 Å². The Kier molecular flexibility index (Phi) is 4.58. The Hall–Kier alpha value is -3.11. The summed E-state index contributed by atoms with van der Waals surface area (Å²) in [7, 11) is 2.08. The van der Waals surface area contributed by atoms with Crippen molar-refractivity contribution in [2.45, 2.75) is 44.4 Å². The van der Waals surface area contributed by atoms with Gasteiger partial charge in [-0.2, -0.15) is 4.68 Å². The molecular weight excluding hydrogens is 413 g/mol. The number of hydrogen-bond acceptors (Lipinski definition) is 6. The van der Waals surface area contributed by atoms with Gasteiger partial charge < -0.3 is 9.30 Å². The Balaban J connectivity index is 1.53. The molecule has 0 N–H and O–H groups in total. The average molecular weight is 437 g/mol. The van der Waals surface area contributed by atoms with Crippen molar-refractivity contribution in [3.05, 3.63) is 52.6 Å². The van der Waals surface area contributed by atoms with E-state index >= 15 is 0 Å². The molecule has 0 aliphatic carbocycles.